The second kappa shape index (κ2) is 11.3. The van der Waals surface area contributed by atoms with Gasteiger partial charge in [0, 0.05) is 4.83 Å². The van der Waals surface area contributed by atoms with E-state index >= 15 is 0 Å². The fraction of sp³-hybridized carbons (Fsp3) is 1.00. The Labute approximate surface area is 123 Å². The molecule has 0 amide bonds. The first-order valence-corrected chi connectivity index (χ1v) is 8.76. The van der Waals surface area contributed by atoms with Crippen LogP contribution in [0.5, 0.6) is 0 Å². The number of aliphatic hydroxyl groups is 1. The van der Waals surface area contributed by atoms with Gasteiger partial charge in [-0.25, -0.2) is 0 Å². The van der Waals surface area contributed by atoms with E-state index in [0.717, 1.165) is 6.42 Å². The molecule has 0 aliphatic rings. The third-order valence-electron chi connectivity index (χ3n) is 3.58. The fourth-order valence-corrected chi connectivity index (χ4v) is 2.49. The minimum absolute atomic E-state index is 0.235. The molecule has 1 atom stereocenters. The molecule has 1 nitrogen and oxygen atoms in total. The molecule has 0 rings (SSSR count). The van der Waals surface area contributed by atoms with Crippen LogP contribution in [-0.2, 0) is 0 Å². The molecular formula is C16H33BrO. The smallest absolute Gasteiger partial charge is 0.0716 e. The van der Waals surface area contributed by atoms with Gasteiger partial charge in [0.1, 0.15) is 0 Å². The molecule has 0 aromatic heterocycles. The second-order valence-electron chi connectivity index (χ2n) is 6.09. The molecule has 0 aliphatic heterocycles. The SMILES string of the molecule is CCCCCCCCCCCCC(Br)C(C)(C)O. The van der Waals surface area contributed by atoms with Crippen molar-refractivity contribution >= 4 is 15.9 Å². The summed E-state index contributed by atoms with van der Waals surface area (Å²) >= 11 is 3.57. The highest BCUT2D eigenvalue weighted by atomic mass is 79.9. The summed E-state index contributed by atoms with van der Waals surface area (Å²) < 4.78 is 0. The maximum absolute atomic E-state index is 9.78. The van der Waals surface area contributed by atoms with E-state index in [9.17, 15) is 5.11 Å². The van der Waals surface area contributed by atoms with Crippen LogP contribution in [0, 0.1) is 0 Å². The molecule has 0 bridgehead atoms. The van der Waals surface area contributed by atoms with E-state index in [0.29, 0.717) is 0 Å². The number of unbranched alkanes of at least 4 members (excludes halogenated alkanes) is 9. The van der Waals surface area contributed by atoms with Crippen LogP contribution in [0.4, 0.5) is 0 Å². The van der Waals surface area contributed by atoms with E-state index in [1.165, 1.54) is 64.2 Å². The van der Waals surface area contributed by atoms with Gasteiger partial charge in [-0.3, -0.25) is 0 Å². The molecule has 0 spiro atoms. The van der Waals surface area contributed by atoms with Gasteiger partial charge in [-0.15, -0.1) is 0 Å². The monoisotopic (exact) mass is 320 g/mol. The Balaban J connectivity index is 3.17. The Hall–Kier alpha value is 0.440. The lowest BCUT2D eigenvalue weighted by atomic mass is 9.99. The van der Waals surface area contributed by atoms with Gasteiger partial charge in [0.05, 0.1) is 5.60 Å². The van der Waals surface area contributed by atoms with E-state index in [1.807, 2.05) is 13.8 Å². The highest BCUT2D eigenvalue weighted by Gasteiger charge is 2.22. The largest absolute Gasteiger partial charge is 0.389 e. The average Bonchev–Trinajstić information content (AvgIpc) is 2.30. The number of hydrogen-bond acceptors (Lipinski definition) is 1. The van der Waals surface area contributed by atoms with E-state index in [2.05, 4.69) is 22.9 Å². The Kier molecular flexibility index (Phi) is 11.6. The van der Waals surface area contributed by atoms with Crippen molar-refractivity contribution in [2.24, 2.45) is 0 Å². The van der Waals surface area contributed by atoms with Crippen LogP contribution in [0.2, 0.25) is 0 Å². The second-order valence-corrected chi connectivity index (χ2v) is 7.20. The fourth-order valence-electron chi connectivity index (χ4n) is 2.16. The van der Waals surface area contributed by atoms with Crippen LogP contribution < -0.4 is 0 Å². The van der Waals surface area contributed by atoms with E-state index < -0.39 is 5.60 Å². The Morgan fingerprint density at radius 2 is 1.22 bits per heavy atom. The molecular weight excluding hydrogens is 288 g/mol. The standard InChI is InChI=1S/C16H33BrO/c1-4-5-6-7-8-9-10-11-12-13-14-15(17)16(2,3)18/h15,18H,4-14H2,1-3H3. The predicted octanol–water partition coefficient (Wildman–Crippen LogP) is 5.83. The highest BCUT2D eigenvalue weighted by molar-refractivity contribution is 9.09. The van der Waals surface area contributed by atoms with Crippen LogP contribution in [0.15, 0.2) is 0 Å². The quantitative estimate of drug-likeness (QED) is 0.354. The summed E-state index contributed by atoms with van der Waals surface area (Å²) in [5.41, 5.74) is -0.584. The summed E-state index contributed by atoms with van der Waals surface area (Å²) in [7, 11) is 0. The van der Waals surface area contributed by atoms with Crippen molar-refractivity contribution in [2.45, 2.75) is 102 Å². The van der Waals surface area contributed by atoms with Gasteiger partial charge in [0.25, 0.3) is 0 Å². The maximum Gasteiger partial charge on any atom is 0.0716 e. The van der Waals surface area contributed by atoms with Crippen LogP contribution >= 0.6 is 15.9 Å². The van der Waals surface area contributed by atoms with E-state index in [1.54, 1.807) is 0 Å². The lowest BCUT2D eigenvalue weighted by molar-refractivity contribution is 0.0766. The molecule has 18 heavy (non-hydrogen) atoms. The molecule has 1 N–H and O–H groups in total. The molecule has 110 valence electrons. The Morgan fingerprint density at radius 1 is 0.833 bits per heavy atom. The molecule has 0 fully saturated rings. The minimum atomic E-state index is -0.584. The normalized spacial score (nSPS) is 13.8. The van der Waals surface area contributed by atoms with Gasteiger partial charge in [-0.05, 0) is 20.3 Å². The van der Waals surface area contributed by atoms with Gasteiger partial charge in [-0.1, -0.05) is 87.1 Å². The number of alkyl halides is 1. The molecule has 1 unspecified atom stereocenters. The van der Waals surface area contributed by atoms with Gasteiger partial charge >= 0.3 is 0 Å². The summed E-state index contributed by atoms with van der Waals surface area (Å²) in [5.74, 6) is 0. The molecule has 0 aromatic carbocycles. The van der Waals surface area contributed by atoms with Crippen molar-refractivity contribution in [3.05, 3.63) is 0 Å². The van der Waals surface area contributed by atoms with Crippen molar-refractivity contribution in [1.82, 2.24) is 0 Å². The van der Waals surface area contributed by atoms with Crippen molar-refractivity contribution in [3.8, 4) is 0 Å². The number of hydrogen-bond donors (Lipinski definition) is 1. The van der Waals surface area contributed by atoms with Gasteiger partial charge in [0.2, 0.25) is 0 Å². The van der Waals surface area contributed by atoms with Gasteiger partial charge in [0.15, 0.2) is 0 Å². The molecule has 0 radical (unpaired) electrons. The zero-order valence-electron chi connectivity index (χ0n) is 12.7. The lowest BCUT2D eigenvalue weighted by Crippen LogP contribution is -2.31. The number of rotatable bonds is 12. The zero-order chi connectivity index (χ0) is 13.9. The molecule has 0 saturated carbocycles. The minimum Gasteiger partial charge on any atom is -0.389 e. The van der Waals surface area contributed by atoms with Crippen molar-refractivity contribution in [2.75, 3.05) is 0 Å². The van der Waals surface area contributed by atoms with E-state index in [4.69, 9.17) is 0 Å². The maximum atomic E-state index is 9.78. The molecule has 0 aliphatic carbocycles. The van der Waals surface area contributed by atoms with E-state index in [-0.39, 0.29) is 4.83 Å². The Morgan fingerprint density at radius 3 is 1.61 bits per heavy atom. The van der Waals surface area contributed by atoms with Crippen LogP contribution in [0.1, 0.15) is 91.4 Å². The van der Waals surface area contributed by atoms with Crippen LogP contribution in [0.25, 0.3) is 0 Å². The first kappa shape index (κ1) is 18.4. The summed E-state index contributed by atoms with van der Waals surface area (Å²) in [6.45, 7) is 6.02. The summed E-state index contributed by atoms with van der Waals surface area (Å²) in [6.07, 6.45) is 14.8. The van der Waals surface area contributed by atoms with Crippen LogP contribution in [0.3, 0.4) is 0 Å². The highest BCUT2D eigenvalue weighted by Crippen LogP contribution is 2.23. The first-order valence-electron chi connectivity index (χ1n) is 7.85. The topological polar surface area (TPSA) is 20.2 Å². The molecule has 0 saturated heterocycles. The first-order chi connectivity index (χ1) is 8.48. The lowest BCUT2D eigenvalue weighted by Gasteiger charge is -2.23. The summed E-state index contributed by atoms with van der Waals surface area (Å²) in [4.78, 5) is 0.235. The Bertz CT molecular complexity index is 174. The van der Waals surface area contributed by atoms with Gasteiger partial charge in [-0.2, -0.15) is 0 Å². The third-order valence-corrected chi connectivity index (χ3v) is 5.16. The summed E-state index contributed by atoms with van der Waals surface area (Å²) in [6, 6.07) is 0. The molecule has 2 heteroatoms. The predicted molar refractivity (Wildman–Crippen MR) is 85.5 cm³/mol. The molecule has 0 heterocycles. The third kappa shape index (κ3) is 11.5. The average molecular weight is 321 g/mol. The van der Waals surface area contributed by atoms with Crippen molar-refractivity contribution in [1.29, 1.82) is 0 Å². The molecule has 0 aromatic rings. The van der Waals surface area contributed by atoms with Crippen LogP contribution in [-0.4, -0.2) is 15.5 Å². The zero-order valence-corrected chi connectivity index (χ0v) is 14.3. The van der Waals surface area contributed by atoms with Crippen molar-refractivity contribution in [3.63, 3.8) is 0 Å². The van der Waals surface area contributed by atoms with Crippen molar-refractivity contribution < 1.29 is 5.11 Å². The van der Waals surface area contributed by atoms with Gasteiger partial charge < -0.3 is 5.11 Å². The summed E-state index contributed by atoms with van der Waals surface area (Å²) in [5, 5.41) is 9.78. The number of halogens is 1.